The van der Waals surface area contributed by atoms with Gasteiger partial charge in [-0.05, 0) is 75.3 Å². The fourth-order valence-electron chi connectivity index (χ4n) is 6.04. The molecule has 204 valence electrons. The zero-order valence-electron chi connectivity index (χ0n) is 22.5. The molecule has 2 aliphatic heterocycles. The monoisotopic (exact) mass is 536 g/mol. The Morgan fingerprint density at radius 1 is 1.03 bits per heavy atom. The number of hydrogen-bond donors (Lipinski definition) is 1. The Kier molecular flexibility index (Phi) is 8.99. The standard InChI is InChI=1S/C30H40N4O3S/c1-37-27-10-6-5-9-25(27)23-12-17-33(18-13-23)29(35)26-21-38-28(32-26)24-14-19-34(20-15-24)30(36)31-16-11-22-7-3-2-4-8-22/h5-7,9-10,21,23-24H,2-4,8,11-20H2,1H3,(H,31,36). The summed E-state index contributed by atoms with van der Waals surface area (Å²) in [7, 11) is 1.72. The van der Waals surface area contributed by atoms with Crippen molar-refractivity contribution in [2.45, 2.75) is 69.6 Å². The predicted octanol–water partition coefficient (Wildman–Crippen LogP) is 5.95. The van der Waals surface area contributed by atoms with Gasteiger partial charge >= 0.3 is 6.03 Å². The van der Waals surface area contributed by atoms with Gasteiger partial charge in [0.25, 0.3) is 5.91 Å². The Bertz CT molecular complexity index is 1130. The van der Waals surface area contributed by atoms with Gasteiger partial charge in [-0.15, -0.1) is 11.3 Å². The zero-order valence-corrected chi connectivity index (χ0v) is 23.3. The van der Waals surface area contributed by atoms with Crippen molar-refractivity contribution in [1.82, 2.24) is 20.1 Å². The predicted molar refractivity (Wildman–Crippen MR) is 151 cm³/mol. The maximum atomic E-state index is 13.2. The van der Waals surface area contributed by atoms with E-state index in [2.05, 4.69) is 23.5 Å². The third-order valence-corrected chi connectivity index (χ3v) is 9.35. The number of aromatic nitrogens is 1. The van der Waals surface area contributed by atoms with Gasteiger partial charge in [0.15, 0.2) is 0 Å². The summed E-state index contributed by atoms with van der Waals surface area (Å²) in [5.41, 5.74) is 3.29. The molecule has 1 aromatic carbocycles. The van der Waals surface area contributed by atoms with Crippen LogP contribution in [-0.2, 0) is 0 Å². The summed E-state index contributed by atoms with van der Waals surface area (Å²) < 4.78 is 5.55. The molecule has 38 heavy (non-hydrogen) atoms. The number of para-hydroxylation sites is 1. The molecule has 3 amide bonds. The molecule has 0 spiro atoms. The molecule has 0 bridgehead atoms. The van der Waals surface area contributed by atoms with Crippen LogP contribution in [0.25, 0.3) is 0 Å². The molecule has 5 rings (SSSR count). The molecular weight excluding hydrogens is 496 g/mol. The van der Waals surface area contributed by atoms with Crippen molar-refractivity contribution in [3.05, 3.63) is 57.6 Å². The molecule has 2 aromatic rings. The van der Waals surface area contributed by atoms with Crippen molar-refractivity contribution in [2.75, 3.05) is 39.8 Å². The largest absolute Gasteiger partial charge is 0.496 e. The van der Waals surface area contributed by atoms with E-state index in [4.69, 9.17) is 9.72 Å². The first-order chi connectivity index (χ1) is 18.6. The molecular formula is C30H40N4O3S. The molecule has 1 aromatic heterocycles. The summed E-state index contributed by atoms with van der Waals surface area (Å²) in [4.78, 5) is 34.5. The van der Waals surface area contributed by atoms with Gasteiger partial charge in [0.1, 0.15) is 11.4 Å². The van der Waals surface area contributed by atoms with Crippen LogP contribution in [0.4, 0.5) is 4.79 Å². The molecule has 0 saturated carbocycles. The Labute approximate surface area is 230 Å². The van der Waals surface area contributed by atoms with E-state index in [9.17, 15) is 9.59 Å². The van der Waals surface area contributed by atoms with Gasteiger partial charge in [-0.2, -0.15) is 0 Å². The highest BCUT2D eigenvalue weighted by Crippen LogP contribution is 2.35. The summed E-state index contributed by atoms with van der Waals surface area (Å²) in [6.45, 7) is 3.66. The molecule has 0 unspecified atom stereocenters. The maximum Gasteiger partial charge on any atom is 0.317 e. The fraction of sp³-hybridized carbons (Fsp3) is 0.567. The molecule has 3 aliphatic rings. The lowest BCUT2D eigenvalue weighted by Gasteiger charge is -2.32. The lowest BCUT2D eigenvalue weighted by molar-refractivity contribution is 0.0707. The maximum absolute atomic E-state index is 13.2. The van der Waals surface area contributed by atoms with Gasteiger partial charge in [-0.3, -0.25) is 4.79 Å². The van der Waals surface area contributed by atoms with Crippen molar-refractivity contribution >= 4 is 23.3 Å². The van der Waals surface area contributed by atoms with Crippen LogP contribution in [0.5, 0.6) is 5.75 Å². The molecule has 8 heteroatoms. The first-order valence-electron chi connectivity index (χ1n) is 14.2. The highest BCUT2D eigenvalue weighted by molar-refractivity contribution is 7.09. The van der Waals surface area contributed by atoms with E-state index in [0.29, 0.717) is 17.5 Å². The third-order valence-electron chi connectivity index (χ3n) is 8.34. The Morgan fingerprint density at radius 2 is 1.76 bits per heavy atom. The van der Waals surface area contributed by atoms with Crippen LogP contribution in [0.2, 0.25) is 0 Å². The Balaban J connectivity index is 1.07. The molecule has 7 nitrogen and oxygen atoms in total. The number of carbonyl (C=O) groups is 2. The zero-order chi connectivity index (χ0) is 26.3. The number of allylic oxidation sites excluding steroid dienone is 1. The van der Waals surface area contributed by atoms with Crippen LogP contribution in [0.3, 0.4) is 0 Å². The minimum absolute atomic E-state index is 0.0378. The number of likely N-dealkylation sites (tertiary alicyclic amines) is 2. The summed E-state index contributed by atoms with van der Waals surface area (Å²) in [6.07, 6.45) is 11.9. The van der Waals surface area contributed by atoms with E-state index in [1.807, 2.05) is 27.3 Å². The minimum Gasteiger partial charge on any atom is -0.496 e. The third kappa shape index (κ3) is 6.40. The summed E-state index contributed by atoms with van der Waals surface area (Å²) in [6, 6.07) is 8.25. The van der Waals surface area contributed by atoms with Crippen LogP contribution < -0.4 is 10.1 Å². The van der Waals surface area contributed by atoms with E-state index >= 15 is 0 Å². The van der Waals surface area contributed by atoms with Crippen molar-refractivity contribution in [2.24, 2.45) is 0 Å². The number of carbonyl (C=O) groups excluding carboxylic acids is 2. The molecule has 1 N–H and O–H groups in total. The number of thiazole rings is 1. The normalized spacial score (nSPS) is 19.2. The number of hydrogen-bond acceptors (Lipinski definition) is 5. The second kappa shape index (κ2) is 12.8. The molecule has 3 heterocycles. The van der Waals surface area contributed by atoms with Gasteiger partial charge < -0.3 is 19.9 Å². The number of piperidine rings is 2. The Morgan fingerprint density at radius 3 is 2.50 bits per heavy atom. The average Bonchev–Trinajstić information content (AvgIpc) is 3.48. The minimum atomic E-state index is 0.0378. The molecule has 0 radical (unpaired) electrons. The number of amides is 3. The van der Waals surface area contributed by atoms with E-state index < -0.39 is 0 Å². The van der Waals surface area contributed by atoms with Gasteiger partial charge in [0, 0.05) is 44.0 Å². The molecule has 2 fully saturated rings. The summed E-state index contributed by atoms with van der Waals surface area (Å²) in [5.74, 6) is 1.69. The van der Waals surface area contributed by atoms with E-state index in [1.54, 1.807) is 18.4 Å². The average molecular weight is 537 g/mol. The number of ether oxygens (including phenoxy) is 1. The molecule has 1 aliphatic carbocycles. The second-order valence-electron chi connectivity index (χ2n) is 10.7. The van der Waals surface area contributed by atoms with E-state index in [-0.39, 0.29) is 11.9 Å². The first kappa shape index (κ1) is 26.7. The van der Waals surface area contributed by atoms with Crippen molar-refractivity contribution in [1.29, 1.82) is 0 Å². The van der Waals surface area contributed by atoms with Crippen LogP contribution in [-0.4, -0.2) is 66.6 Å². The first-order valence-corrected chi connectivity index (χ1v) is 15.1. The van der Waals surface area contributed by atoms with Crippen molar-refractivity contribution in [3.8, 4) is 5.75 Å². The molecule has 0 atom stereocenters. The number of urea groups is 1. The number of benzene rings is 1. The topological polar surface area (TPSA) is 74.8 Å². The van der Waals surface area contributed by atoms with E-state index in [1.165, 1.54) is 36.8 Å². The van der Waals surface area contributed by atoms with Crippen molar-refractivity contribution < 1.29 is 14.3 Å². The summed E-state index contributed by atoms with van der Waals surface area (Å²) >= 11 is 1.59. The number of nitrogens with zero attached hydrogens (tertiary/aromatic N) is 3. The lowest BCUT2D eigenvalue weighted by atomic mass is 9.88. The SMILES string of the molecule is COc1ccccc1C1CCN(C(=O)c2csc(C3CCN(C(=O)NCCC4=CCCCC4)CC3)n2)CC1. The van der Waals surface area contributed by atoms with Gasteiger partial charge in [-0.25, -0.2) is 9.78 Å². The van der Waals surface area contributed by atoms with Crippen molar-refractivity contribution in [3.63, 3.8) is 0 Å². The van der Waals surface area contributed by atoms with Gasteiger partial charge in [0.2, 0.25) is 0 Å². The fourth-order valence-corrected chi connectivity index (χ4v) is 7.00. The number of methoxy groups -OCH3 is 1. The smallest absolute Gasteiger partial charge is 0.317 e. The lowest BCUT2D eigenvalue weighted by Crippen LogP contribution is -2.44. The van der Waals surface area contributed by atoms with Gasteiger partial charge in [0.05, 0.1) is 12.1 Å². The van der Waals surface area contributed by atoms with Crippen LogP contribution in [0, 0.1) is 0 Å². The van der Waals surface area contributed by atoms with Crippen LogP contribution in [0.15, 0.2) is 41.3 Å². The van der Waals surface area contributed by atoms with Crippen LogP contribution in [0.1, 0.15) is 90.7 Å². The summed E-state index contributed by atoms with van der Waals surface area (Å²) in [5, 5.41) is 6.05. The Hall–Kier alpha value is -2.87. The second-order valence-corrected chi connectivity index (χ2v) is 11.6. The number of rotatable bonds is 7. The number of nitrogens with one attached hydrogen (secondary N) is 1. The quantitative estimate of drug-likeness (QED) is 0.444. The molecule has 2 saturated heterocycles. The van der Waals surface area contributed by atoms with Gasteiger partial charge in [-0.1, -0.05) is 29.8 Å². The van der Waals surface area contributed by atoms with E-state index in [0.717, 1.165) is 75.6 Å². The highest BCUT2D eigenvalue weighted by Gasteiger charge is 2.29. The highest BCUT2D eigenvalue weighted by atomic mass is 32.1. The van der Waals surface area contributed by atoms with Crippen LogP contribution >= 0.6 is 11.3 Å².